The van der Waals surface area contributed by atoms with Crippen LogP contribution in [0.25, 0.3) is 10.9 Å². The molecular formula is C20H19N3O. The fourth-order valence-electron chi connectivity index (χ4n) is 4.47. The van der Waals surface area contributed by atoms with Crippen LogP contribution in [0.3, 0.4) is 0 Å². The van der Waals surface area contributed by atoms with E-state index in [1.165, 1.54) is 17.5 Å². The van der Waals surface area contributed by atoms with Gasteiger partial charge in [-0.15, -0.1) is 0 Å². The average molecular weight is 317 g/mol. The minimum Gasteiger partial charge on any atom is -0.335 e. The van der Waals surface area contributed by atoms with Gasteiger partial charge in [0, 0.05) is 29.5 Å². The summed E-state index contributed by atoms with van der Waals surface area (Å²) in [6.45, 7) is 0.856. The Hall–Kier alpha value is -2.62. The maximum Gasteiger partial charge on any atom is 0.254 e. The molecule has 1 unspecified atom stereocenters. The quantitative estimate of drug-likeness (QED) is 0.746. The summed E-state index contributed by atoms with van der Waals surface area (Å²) in [7, 11) is 0. The van der Waals surface area contributed by atoms with Gasteiger partial charge in [-0.25, -0.2) is 0 Å². The van der Waals surface area contributed by atoms with Crippen molar-refractivity contribution in [1.82, 2.24) is 15.1 Å². The number of benzene rings is 2. The first kappa shape index (κ1) is 13.8. The van der Waals surface area contributed by atoms with Crippen molar-refractivity contribution in [2.24, 2.45) is 0 Å². The van der Waals surface area contributed by atoms with Gasteiger partial charge in [0.15, 0.2) is 0 Å². The number of amides is 1. The fourth-order valence-corrected chi connectivity index (χ4v) is 4.47. The molecule has 4 heteroatoms. The Bertz CT molecular complexity index is 929. The monoisotopic (exact) mass is 317 g/mol. The van der Waals surface area contributed by atoms with E-state index in [0.29, 0.717) is 12.0 Å². The number of H-pyrrole nitrogens is 1. The molecule has 1 aliphatic heterocycles. The van der Waals surface area contributed by atoms with Crippen LogP contribution < -0.4 is 0 Å². The summed E-state index contributed by atoms with van der Waals surface area (Å²) in [6.07, 6.45) is 5.03. The number of carbonyl (C=O) groups excluding carboxylic acids is 1. The van der Waals surface area contributed by atoms with E-state index in [2.05, 4.69) is 39.4 Å². The summed E-state index contributed by atoms with van der Waals surface area (Å²) in [5.41, 5.74) is 4.53. The minimum atomic E-state index is 0.147. The lowest BCUT2D eigenvalue weighted by Crippen LogP contribution is -2.46. The first-order valence-electron chi connectivity index (χ1n) is 8.63. The van der Waals surface area contributed by atoms with E-state index in [4.69, 9.17) is 0 Å². The van der Waals surface area contributed by atoms with Crippen LogP contribution in [-0.2, 0) is 6.42 Å². The lowest BCUT2D eigenvalue weighted by molar-refractivity contribution is 0.0595. The number of aromatic amines is 1. The Kier molecular flexibility index (Phi) is 2.98. The molecule has 5 rings (SSSR count). The Balaban J connectivity index is 1.49. The molecule has 0 spiro atoms. The Labute approximate surface area is 140 Å². The van der Waals surface area contributed by atoms with Gasteiger partial charge in [-0.05, 0) is 42.5 Å². The highest BCUT2D eigenvalue weighted by molar-refractivity contribution is 5.98. The molecular weight excluding hydrogens is 298 g/mol. The predicted molar refractivity (Wildman–Crippen MR) is 93.0 cm³/mol. The number of hydrogen-bond donors (Lipinski definition) is 1. The number of rotatable bonds is 1. The standard InChI is InChI=1S/C20H19N3O/c24-20(14-7-8-15-12-21-22-18(15)10-14)23-9-3-6-17-16-5-2-1-4-13(16)11-19(17)23/h1-2,4-5,7-8,10,12,17,19H,3,6,9,11H2,(H,21,22)/t17?,19-/m0/s1. The number of piperidine rings is 1. The normalized spacial score (nSPS) is 22.4. The second kappa shape index (κ2) is 5.20. The van der Waals surface area contributed by atoms with E-state index in [-0.39, 0.29) is 5.91 Å². The van der Waals surface area contributed by atoms with Gasteiger partial charge in [0.05, 0.1) is 11.7 Å². The van der Waals surface area contributed by atoms with Crippen molar-refractivity contribution in [3.05, 3.63) is 65.4 Å². The van der Waals surface area contributed by atoms with Crippen LogP contribution >= 0.6 is 0 Å². The van der Waals surface area contributed by atoms with Crippen molar-refractivity contribution in [1.29, 1.82) is 0 Å². The number of nitrogens with one attached hydrogen (secondary N) is 1. The van der Waals surface area contributed by atoms with Gasteiger partial charge in [-0.1, -0.05) is 30.3 Å². The Morgan fingerprint density at radius 2 is 2.12 bits per heavy atom. The molecule has 1 saturated heterocycles. The van der Waals surface area contributed by atoms with Gasteiger partial charge < -0.3 is 4.90 Å². The molecule has 2 aliphatic rings. The summed E-state index contributed by atoms with van der Waals surface area (Å²) in [5, 5.41) is 8.04. The highest BCUT2D eigenvalue weighted by atomic mass is 16.2. The van der Waals surface area contributed by atoms with Crippen LogP contribution in [0.15, 0.2) is 48.7 Å². The molecule has 0 radical (unpaired) electrons. The lowest BCUT2D eigenvalue weighted by atomic mass is 9.88. The van der Waals surface area contributed by atoms with Crippen molar-refractivity contribution in [3.63, 3.8) is 0 Å². The van der Waals surface area contributed by atoms with Crippen molar-refractivity contribution in [2.75, 3.05) is 6.54 Å². The molecule has 1 aromatic heterocycles. The van der Waals surface area contributed by atoms with Crippen molar-refractivity contribution in [2.45, 2.75) is 31.2 Å². The predicted octanol–water partition coefficient (Wildman–Crippen LogP) is 3.51. The minimum absolute atomic E-state index is 0.147. The summed E-state index contributed by atoms with van der Waals surface area (Å²) in [6, 6.07) is 14.8. The summed E-state index contributed by atoms with van der Waals surface area (Å²) in [5.74, 6) is 0.642. The first-order chi connectivity index (χ1) is 11.8. The van der Waals surface area contributed by atoms with Gasteiger partial charge in [0.25, 0.3) is 5.91 Å². The van der Waals surface area contributed by atoms with Crippen molar-refractivity contribution >= 4 is 16.8 Å². The van der Waals surface area contributed by atoms with Gasteiger partial charge in [0.2, 0.25) is 0 Å². The second-order valence-corrected chi connectivity index (χ2v) is 6.89. The van der Waals surface area contributed by atoms with Crippen molar-refractivity contribution < 1.29 is 4.79 Å². The molecule has 3 aromatic rings. The smallest absolute Gasteiger partial charge is 0.254 e. The van der Waals surface area contributed by atoms with Gasteiger partial charge in [0.1, 0.15) is 0 Å². The Morgan fingerprint density at radius 1 is 1.21 bits per heavy atom. The van der Waals surface area contributed by atoms with E-state index >= 15 is 0 Å². The number of hydrogen-bond acceptors (Lipinski definition) is 2. The molecule has 0 saturated carbocycles. The van der Waals surface area contributed by atoms with E-state index in [1.807, 2.05) is 18.2 Å². The third kappa shape index (κ3) is 1.99. The zero-order valence-corrected chi connectivity index (χ0v) is 13.4. The third-order valence-electron chi connectivity index (χ3n) is 5.61. The van der Waals surface area contributed by atoms with Crippen LogP contribution in [0.2, 0.25) is 0 Å². The topological polar surface area (TPSA) is 49.0 Å². The average Bonchev–Trinajstić information content (AvgIpc) is 3.24. The van der Waals surface area contributed by atoms with Crippen LogP contribution in [0.1, 0.15) is 40.2 Å². The summed E-state index contributed by atoms with van der Waals surface area (Å²) < 4.78 is 0. The third-order valence-corrected chi connectivity index (χ3v) is 5.61. The highest BCUT2D eigenvalue weighted by Gasteiger charge is 2.40. The number of fused-ring (bicyclic) bond motifs is 4. The molecule has 1 N–H and O–H groups in total. The number of aromatic nitrogens is 2. The number of likely N-dealkylation sites (tertiary alicyclic amines) is 1. The molecule has 1 aliphatic carbocycles. The molecule has 0 bridgehead atoms. The SMILES string of the molecule is O=C(c1ccc2cn[nH]c2c1)N1CCCC2c3ccccc3C[C@@H]21. The molecule has 120 valence electrons. The van der Waals surface area contributed by atoms with Gasteiger partial charge in [-0.3, -0.25) is 9.89 Å². The summed E-state index contributed by atoms with van der Waals surface area (Å²) >= 11 is 0. The lowest BCUT2D eigenvalue weighted by Gasteiger charge is -2.38. The van der Waals surface area contributed by atoms with E-state index < -0.39 is 0 Å². The number of carbonyl (C=O) groups is 1. The second-order valence-electron chi connectivity index (χ2n) is 6.89. The molecule has 1 fully saturated rings. The molecule has 2 aromatic carbocycles. The van der Waals surface area contributed by atoms with Crippen LogP contribution in [0, 0.1) is 0 Å². The Morgan fingerprint density at radius 3 is 3.08 bits per heavy atom. The molecule has 2 heterocycles. The van der Waals surface area contributed by atoms with E-state index in [0.717, 1.165) is 35.9 Å². The maximum absolute atomic E-state index is 13.2. The van der Waals surface area contributed by atoms with Gasteiger partial charge >= 0.3 is 0 Å². The zero-order valence-electron chi connectivity index (χ0n) is 13.4. The summed E-state index contributed by atoms with van der Waals surface area (Å²) in [4.78, 5) is 15.3. The molecule has 4 nitrogen and oxygen atoms in total. The van der Waals surface area contributed by atoms with Crippen LogP contribution in [0.4, 0.5) is 0 Å². The fraction of sp³-hybridized carbons (Fsp3) is 0.300. The zero-order chi connectivity index (χ0) is 16.1. The van der Waals surface area contributed by atoms with Crippen LogP contribution in [0.5, 0.6) is 0 Å². The van der Waals surface area contributed by atoms with Crippen LogP contribution in [-0.4, -0.2) is 33.6 Å². The molecule has 24 heavy (non-hydrogen) atoms. The maximum atomic E-state index is 13.2. The molecule has 1 amide bonds. The first-order valence-corrected chi connectivity index (χ1v) is 8.63. The van der Waals surface area contributed by atoms with Gasteiger partial charge in [-0.2, -0.15) is 5.10 Å². The number of nitrogens with zero attached hydrogens (tertiary/aromatic N) is 2. The van der Waals surface area contributed by atoms with E-state index in [9.17, 15) is 4.79 Å². The highest BCUT2D eigenvalue weighted by Crippen LogP contribution is 2.42. The largest absolute Gasteiger partial charge is 0.335 e. The molecule has 2 atom stereocenters. The van der Waals surface area contributed by atoms with E-state index in [1.54, 1.807) is 6.20 Å². The van der Waals surface area contributed by atoms with Crippen molar-refractivity contribution in [3.8, 4) is 0 Å².